The second-order valence-electron chi connectivity index (χ2n) is 4.32. The summed E-state index contributed by atoms with van der Waals surface area (Å²) in [4.78, 5) is 24.0. The lowest BCUT2D eigenvalue weighted by atomic mass is 10.0. The zero-order valence-corrected chi connectivity index (χ0v) is 11.8. The molecule has 0 atom stereocenters. The molecule has 104 valence electrons. The van der Waals surface area contributed by atoms with Gasteiger partial charge in [-0.2, -0.15) is 11.3 Å². The summed E-state index contributed by atoms with van der Waals surface area (Å²) in [5.74, 6) is -0.752. The number of carbonyl (C=O) groups excluding carboxylic acids is 2. The van der Waals surface area contributed by atoms with Crippen molar-refractivity contribution in [1.82, 2.24) is 0 Å². The van der Waals surface area contributed by atoms with Crippen LogP contribution in [0, 0.1) is 0 Å². The Labute approximate surface area is 120 Å². The fourth-order valence-electron chi connectivity index (χ4n) is 1.83. The number of hydrogen-bond acceptors (Lipinski definition) is 5. The number of hydrogen-bond donors (Lipinski definition) is 1. The molecule has 2 rings (SSSR count). The van der Waals surface area contributed by atoms with Gasteiger partial charge in [-0.1, -0.05) is 6.07 Å². The van der Waals surface area contributed by atoms with E-state index in [2.05, 4.69) is 0 Å². The summed E-state index contributed by atoms with van der Waals surface area (Å²) in [6.07, 6.45) is -0.249. The van der Waals surface area contributed by atoms with Crippen molar-refractivity contribution in [3.05, 3.63) is 51.7 Å². The van der Waals surface area contributed by atoms with Gasteiger partial charge < -0.3 is 9.84 Å². The lowest BCUT2D eigenvalue weighted by molar-refractivity contribution is 0.0893. The van der Waals surface area contributed by atoms with E-state index in [1.54, 1.807) is 36.1 Å². The summed E-state index contributed by atoms with van der Waals surface area (Å²) in [6.45, 7) is 0.346. The number of methoxy groups -OCH3 is 1. The third-order valence-electron chi connectivity index (χ3n) is 2.84. The van der Waals surface area contributed by atoms with E-state index in [9.17, 15) is 14.7 Å². The van der Waals surface area contributed by atoms with Crippen molar-refractivity contribution in [3.8, 4) is 5.75 Å². The fourth-order valence-corrected chi connectivity index (χ4v) is 2.49. The monoisotopic (exact) mass is 290 g/mol. The smallest absolute Gasteiger partial charge is 0.174 e. The first-order valence-corrected chi connectivity index (χ1v) is 6.95. The molecule has 1 heterocycles. The molecule has 0 unspecified atom stereocenters. The summed E-state index contributed by atoms with van der Waals surface area (Å²) >= 11 is 1.40. The van der Waals surface area contributed by atoms with Crippen molar-refractivity contribution >= 4 is 22.9 Å². The lowest BCUT2D eigenvalue weighted by Crippen LogP contribution is -2.08. The third-order valence-corrected chi connectivity index (χ3v) is 3.52. The van der Waals surface area contributed by atoms with Gasteiger partial charge in [0.2, 0.25) is 0 Å². The maximum atomic E-state index is 12.1. The van der Waals surface area contributed by atoms with Crippen LogP contribution < -0.4 is 0 Å². The molecule has 20 heavy (non-hydrogen) atoms. The van der Waals surface area contributed by atoms with E-state index < -0.39 is 5.78 Å². The zero-order chi connectivity index (χ0) is 14.5. The van der Waals surface area contributed by atoms with Gasteiger partial charge >= 0.3 is 0 Å². The Morgan fingerprint density at radius 1 is 1.25 bits per heavy atom. The average Bonchev–Trinajstić information content (AvgIpc) is 2.95. The molecule has 1 aromatic heterocycles. The van der Waals surface area contributed by atoms with E-state index in [4.69, 9.17) is 4.74 Å². The first-order chi connectivity index (χ1) is 9.61. The minimum absolute atomic E-state index is 0.118. The molecular formula is C15H14O4S. The number of ether oxygens (including phenoxy) is 1. The van der Waals surface area contributed by atoms with Crippen LogP contribution in [0.5, 0.6) is 5.75 Å². The molecule has 0 radical (unpaired) electrons. The van der Waals surface area contributed by atoms with Crippen LogP contribution in [-0.2, 0) is 11.3 Å². The number of phenolic OH excluding ortho intramolecular Hbond substituents is 1. The molecule has 5 heteroatoms. The van der Waals surface area contributed by atoms with Gasteiger partial charge in [-0.3, -0.25) is 9.59 Å². The van der Waals surface area contributed by atoms with Crippen LogP contribution in [0.3, 0.4) is 0 Å². The van der Waals surface area contributed by atoms with E-state index in [1.165, 1.54) is 17.4 Å². The predicted octanol–water partition coefficient (Wildman–Crippen LogP) is 3.06. The average molecular weight is 290 g/mol. The van der Waals surface area contributed by atoms with Gasteiger partial charge in [0.15, 0.2) is 11.6 Å². The Morgan fingerprint density at radius 2 is 2.05 bits per heavy atom. The van der Waals surface area contributed by atoms with Crippen LogP contribution in [0.1, 0.15) is 32.7 Å². The van der Waals surface area contributed by atoms with Crippen molar-refractivity contribution in [1.29, 1.82) is 0 Å². The molecule has 0 aliphatic heterocycles. The Hall–Kier alpha value is -1.98. The normalized spacial score (nSPS) is 10.4. The minimum atomic E-state index is -0.392. The van der Waals surface area contributed by atoms with Crippen LogP contribution in [0.25, 0.3) is 0 Å². The quantitative estimate of drug-likeness (QED) is 0.656. The summed E-state index contributed by atoms with van der Waals surface area (Å²) in [5, 5.41) is 13.2. The molecular weight excluding hydrogens is 276 g/mol. The minimum Gasteiger partial charge on any atom is -0.507 e. The van der Waals surface area contributed by atoms with Gasteiger partial charge in [-0.05, 0) is 29.1 Å². The Bertz CT molecular complexity index is 617. The number of carbonyl (C=O) groups is 2. The van der Waals surface area contributed by atoms with Crippen molar-refractivity contribution < 1.29 is 19.4 Å². The van der Waals surface area contributed by atoms with E-state index in [0.29, 0.717) is 12.2 Å². The Kier molecular flexibility index (Phi) is 4.65. The molecule has 1 aromatic carbocycles. The molecule has 0 saturated carbocycles. The summed E-state index contributed by atoms with van der Waals surface area (Å²) < 4.78 is 4.98. The molecule has 1 N–H and O–H groups in total. The number of phenols is 1. The van der Waals surface area contributed by atoms with Gasteiger partial charge in [0, 0.05) is 18.1 Å². The van der Waals surface area contributed by atoms with Crippen LogP contribution >= 0.6 is 11.3 Å². The first kappa shape index (κ1) is 14.4. The molecule has 0 bridgehead atoms. The summed E-state index contributed by atoms with van der Waals surface area (Å²) in [6, 6.07) is 6.36. The van der Waals surface area contributed by atoms with Gasteiger partial charge in [-0.15, -0.1) is 0 Å². The maximum Gasteiger partial charge on any atom is 0.174 e. The number of benzene rings is 1. The predicted molar refractivity (Wildman–Crippen MR) is 76.4 cm³/mol. The van der Waals surface area contributed by atoms with Gasteiger partial charge in [0.25, 0.3) is 0 Å². The summed E-state index contributed by atoms with van der Waals surface area (Å²) in [7, 11) is 1.55. The summed E-state index contributed by atoms with van der Waals surface area (Å²) in [5.41, 5.74) is 1.45. The molecule has 0 spiro atoms. The second-order valence-corrected chi connectivity index (χ2v) is 5.10. The zero-order valence-electron chi connectivity index (χ0n) is 11.0. The number of Topliss-reactive ketones (excluding diaryl/α,β-unsaturated/α-hetero) is 2. The van der Waals surface area contributed by atoms with E-state index in [0.717, 1.165) is 5.56 Å². The molecule has 4 nitrogen and oxygen atoms in total. The van der Waals surface area contributed by atoms with Gasteiger partial charge in [0.1, 0.15) is 5.75 Å². The van der Waals surface area contributed by atoms with Crippen molar-refractivity contribution in [3.63, 3.8) is 0 Å². The molecule has 2 aromatic rings. The highest BCUT2D eigenvalue weighted by molar-refractivity contribution is 7.08. The van der Waals surface area contributed by atoms with E-state index in [1.807, 2.05) is 0 Å². The maximum absolute atomic E-state index is 12.1. The highest BCUT2D eigenvalue weighted by Crippen LogP contribution is 2.21. The van der Waals surface area contributed by atoms with Crippen molar-refractivity contribution in [2.75, 3.05) is 7.11 Å². The number of thiophene rings is 1. The van der Waals surface area contributed by atoms with Crippen LogP contribution in [0.4, 0.5) is 0 Å². The van der Waals surface area contributed by atoms with Gasteiger partial charge in [0.05, 0.1) is 18.6 Å². The number of ketones is 2. The largest absolute Gasteiger partial charge is 0.507 e. The lowest BCUT2D eigenvalue weighted by Gasteiger charge is -2.06. The fraction of sp³-hybridized carbons (Fsp3) is 0.200. The molecule has 0 aliphatic carbocycles. The third kappa shape index (κ3) is 3.31. The Morgan fingerprint density at radius 3 is 2.70 bits per heavy atom. The second kappa shape index (κ2) is 6.45. The van der Waals surface area contributed by atoms with Gasteiger partial charge in [-0.25, -0.2) is 0 Å². The van der Waals surface area contributed by atoms with E-state index in [-0.39, 0.29) is 23.5 Å². The van der Waals surface area contributed by atoms with Crippen molar-refractivity contribution in [2.24, 2.45) is 0 Å². The molecule has 0 fully saturated rings. The highest BCUT2D eigenvalue weighted by atomic mass is 32.1. The van der Waals surface area contributed by atoms with Crippen LogP contribution in [0.2, 0.25) is 0 Å². The first-order valence-electron chi connectivity index (χ1n) is 6.01. The van der Waals surface area contributed by atoms with E-state index >= 15 is 0 Å². The number of rotatable bonds is 6. The molecule has 0 aliphatic rings. The van der Waals surface area contributed by atoms with Crippen LogP contribution in [-0.4, -0.2) is 23.8 Å². The van der Waals surface area contributed by atoms with Crippen molar-refractivity contribution in [2.45, 2.75) is 13.0 Å². The highest BCUT2D eigenvalue weighted by Gasteiger charge is 2.17. The Balaban J connectivity index is 2.16. The SMILES string of the molecule is COCc1ccc(O)c(C(=O)CC(=O)c2ccsc2)c1. The number of aromatic hydroxyl groups is 1. The standard InChI is InChI=1S/C15H14O4S/c1-19-8-10-2-3-13(16)12(6-10)15(18)7-14(17)11-4-5-20-9-11/h2-6,9,16H,7-8H2,1H3. The van der Waals surface area contributed by atoms with Crippen LogP contribution in [0.15, 0.2) is 35.0 Å². The molecule has 0 saturated heterocycles. The topological polar surface area (TPSA) is 63.6 Å². The molecule has 0 amide bonds.